The third kappa shape index (κ3) is 2.59. The summed E-state index contributed by atoms with van der Waals surface area (Å²) in [6.45, 7) is 1.80. The highest BCUT2D eigenvalue weighted by atomic mass is 35.5. The van der Waals surface area contributed by atoms with Crippen LogP contribution in [0, 0.1) is 6.92 Å². The minimum atomic E-state index is -0.365. The van der Waals surface area contributed by atoms with Gasteiger partial charge in [-0.25, -0.2) is 4.98 Å². The van der Waals surface area contributed by atoms with Crippen molar-refractivity contribution in [1.82, 2.24) is 19.7 Å². The Hall–Kier alpha value is -1.95. The van der Waals surface area contributed by atoms with Gasteiger partial charge in [-0.3, -0.25) is 14.5 Å². The standard InChI is InChI=1S/C10H10ClN5O/c1-6-8(5-16(2)15-6)14-10(17)7-3-12-4-9(11)13-7/h3-5H,1-2H3,(H,14,17). The molecule has 2 aromatic rings. The third-order valence-electron chi connectivity index (χ3n) is 2.10. The Kier molecular flexibility index (Phi) is 3.06. The molecule has 2 aromatic heterocycles. The van der Waals surface area contributed by atoms with E-state index in [1.54, 1.807) is 24.9 Å². The first-order valence-electron chi connectivity index (χ1n) is 4.85. The van der Waals surface area contributed by atoms with Crippen LogP contribution < -0.4 is 5.32 Å². The van der Waals surface area contributed by atoms with Crippen molar-refractivity contribution in [1.29, 1.82) is 0 Å². The summed E-state index contributed by atoms with van der Waals surface area (Å²) in [6.07, 6.45) is 4.44. The Bertz CT molecular complexity index is 566. The van der Waals surface area contributed by atoms with Crippen molar-refractivity contribution in [2.24, 2.45) is 7.05 Å². The van der Waals surface area contributed by atoms with Crippen LogP contribution in [-0.2, 0) is 7.05 Å². The van der Waals surface area contributed by atoms with Crippen LogP contribution in [0.25, 0.3) is 0 Å². The highest BCUT2D eigenvalue weighted by molar-refractivity contribution is 6.29. The largest absolute Gasteiger partial charge is 0.318 e. The molecule has 0 saturated carbocycles. The van der Waals surface area contributed by atoms with E-state index in [1.165, 1.54) is 12.4 Å². The number of carbonyl (C=O) groups is 1. The van der Waals surface area contributed by atoms with Crippen LogP contribution in [0.2, 0.25) is 5.15 Å². The molecule has 88 valence electrons. The zero-order chi connectivity index (χ0) is 12.4. The molecule has 0 unspecified atom stereocenters. The van der Waals surface area contributed by atoms with E-state index >= 15 is 0 Å². The molecule has 0 aromatic carbocycles. The Morgan fingerprint density at radius 3 is 2.82 bits per heavy atom. The minimum absolute atomic E-state index is 0.167. The first-order valence-corrected chi connectivity index (χ1v) is 5.23. The molecule has 0 spiro atoms. The number of aromatic nitrogens is 4. The highest BCUT2D eigenvalue weighted by Crippen LogP contribution is 2.12. The van der Waals surface area contributed by atoms with Gasteiger partial charge in [0.05, 0.1) is 23.8 Å². The van der Waals surface area contributed by atoms with Crippen LogP contribution in [0.15, 0.2) is 18.6 Å². The zero-order valence-corrected chi connectivity index (χ0v) is 10.1. The van der Waals surface area contributed by atoms with E-state index in [-0.39, 0.29) is 16.8 Å². The zero-order valence-electron chi connectivity index (χ0n) is 9.31. The second-order valence-corrected chi connectivity index (χ2v) is 3.87. The van der Waals surface area contributed by atoms with Crippen molar-refractivity contribution in [2.45, 2.75) is 6.92 Å². The molecular weight excluding hydrogens is 242 g/mol. The van der Waals surface area contributed by atoms with Gasteiger partial charge in [0.2, 0.25) is 0 Å². The van der Waals surface area contributed by atoms with Gasteiger partial charge in [0.25, 0.3) is 5.91 Å². The molecule has 0 fully saturated rings. The van der Waals surface area contributed by atoms with Crippen LogP contribution >= 0.6 is 11.6 Å². The van der Waals surface area contributed by atoms with Gasteiger partial charge < -0.3 is 5.32 Å². The summed E-state index contributed by atoms with van der Waals surface area (Å²) in [6, 6.07) is 0. The fraction of sp³-hybridized carbons (Fsp3) is 0.200. The summed E-state index contributed by atoms with van der Waals surface area (Å²) >= 11 is 5.66. The number of nitrogens with zero attached hydrogens (tertiary/aromatic N) is 4. The summed E-state index contributed by atoms with van der Waals surface area (Å²) in [4.78, 5) is 19.5. The summed E-state index contributed by atoms with van der Waals surface area (Å²) in [5.74, 6) is -0.365. The number of nitrogens with one attached hydrogen (secondary N) is 1. The first kappa shape index (κ1) is 11.5. The minimum Gasteiger partial charge on any atom is -0.318 e. The van der Waals surface area contributed by atoms with E-state index in [4.69, 9.17) is 11.6 Å². The van der Waals surface area contributed by atoms with Crippen LogP contribution in [0.3, 0.4) is 0 Å². The maximum Gasteiger partial charge on any atom is 0.276 e. The normalized spacial score (nSPS) is 10.3. The molecule has 17 heavy (non-hydrogen) atoms. The van der Waals surface area contributed by atoms with E-state index < -0.39 is 0 Å². The summed E-state index contributed by atoms with van der Waals surface area (Å²) < 4.78 is 1.62. The number of anilines is 1. The molecule has 2 rings (SSSR count). The molecule has 0 aliphatic carbocycles. The molecular formula is C10H10ClN5O. The van der Waals surface area contributed by atoms with E-state index in [0.717, 1.165) is 5.69 Å². The summed E-state index contributed by atoms with van der Waals surface area (Å²) in [5.41, 5.74) is 1.54. The maximum absolute atomic E-state index is 11.8. The Morgan fingerprint density at radius 2 is 2.24 bits per heavy atom. The fourth-order valence-corrected chi connectivity index (χ4v) is 1.51. The molecule has 0 aliphatic rings. The van der Waals surface area contributed by atoms with Crippen molar-refractivity contribution in [3.05, 3.63) is 35.1 Å². The van der Waals surface area contributed by atoms with Crippen molar-refractivity contribution in [3.8, 4) is 0 Å². The van der Waals surface area contributed by atoms with Gasteiger partial charge in [-0.1, -0.05) is 11.6 Å². The van der Waals surface area contributed by atoms with Crippen LogP contribution in [0.4, 0.5) is 5.69 Å². The molecule has 6 nitrogen and oxygen atoms in total. The Balaban J connectivity index is 2.20. The average Bonchev–Trinajstić information content (AvgIpc) is 2.57. The van der Waals surface area contributed by atoms with Crippen LogP contribution in [0.1, 0.15) is 16.2 Å². The number of aryl methyl sites for hydroxylation is 2. The molecule has 0 atom stereocenters. The Morgan fingerprint density at radius 1 is 1.47 bits per heavy atom. The SMILES string of the molecule is Cc1nn(C)cc1NC(=O)c1cncc(Cl)n1. The maximum atomic E-state index is 11.8. The lowest BCUT2D eigenvalue weighted by atomic mass is 10.3. The first-order chi connectivity index (χ1) is 8.06. The smallest absolute Gasteiger partial charge is 0.276 e. The molecule has 1 amide bonds. The topological polar surface area (TPSA) is 72.7 Å². The van der Waals surface area contributed by atoms with E-state index in [0.29, 0.717) is 5.69 Å². The monoisotopic (exact) mass is 251 g/mol. The summed E-state index contributed by atoms with van der Waals surface area (Å²) in [5, 5.41) is 6.99. The number of halogens is 1. The van der Waals surface area contributed by atoms with Crippen molar-refractivity contribution < 1.29 is 4.79 Å². The van der Waals surface area contributed by atoms with Crippen molar-refractivity contribution >= 4 is 23.2 Å². The van der Waals surface area contributed by atoms with Gasteiger partial charge in [0.1, 0.15) is 10.8 Å². The molecule has 0 bridgehead atoms. The van der Waals surface area contributed by atoms with Gasteiger partial charge in [-0.2, -0.15) is 5.10 Å². The number of hydrogen-bond acceptors (Lipinski definition) is 4. The van der Waals surface area contributed by atoms with E-state index in [1.807, 2.05) is 0 Å². The lowest BCUT2D eigenvalue weighted by Crippen LogP contribution is -2.14. The van der Waals surface area contributed by atoms with Gasteiger partial charge in [-0.15, -0.1) is 0 Å². The quantitative estimate of drug-likeness (QED) is 0.876. The number of carbonyl (C=O) groups excluding carboxylic acids is 1. The van der Waals surface area contributed by atoms with Gasteiger partial charge >= 0.3 is 0 Å². The Labute approximate surface area is 103 Å². The summed E-state index contributed by atoms with van der Waals surface area (Å²) in [7, 11) is 1.78. The van der Waals surface area contributed by atoms with Gasteiger partial charge in [0, 0.05) is 13.2 Å². The van der Waals surface area contributed by atoms with Crippen LogP contribution in [-0.4, -0.2) is 25.7 Å². The van der Waals surface area contributed by atoms with Gasteiger partial charge in [-0.05, 0) is 6.92 Å². The number of hydrogen-bond donors (Lipinski definition) is 1. The number of rotatable bonds is 2. The van der Waals surface area contributed by atoms with E-state index in [9.17, 15) is 4.79 Å². The predicted octanol–water partition coefficient (Wildman–Crippen LogP) is 1.42. The van der Waals surface area contributed by atoms with Crippen molar-refractivity contribution in [3.63, 3.8) is 0 Å². The van der Waals surface area contributed by atoms with Gasteiger partial charge in [0.15, 0.2) is 0 Å². The lowest BCUT2D eigenvalue weighted by Gasteiger charge is -2.02. The molecule has 1 N–H and O–H groups in total. The number of amides is 1. The predicted molar refractivity (Wildman–Crippen MR) is 62.9 cm³/mol. The molecule has 7 heteroatoms. The second-order valence-electron chi connectivity index (χ2n) is 3.48. The van der Waals surface area contributed by atoms with E-state index in [2.05, 4.69) is 20.4 Å². The van der Waals surface area contributed by atoms with Crippen LogP contribution in [0.5, 0.6) is 0 Å². The molecule has 0 radical (unpaired) electrons. The average molecular weight is 252 g/mol. The lowest BCUT2D eigenvalue weighted by molar-refractivity contribution is 0.102. The molecule has 0 saturated heterocycles. The highest BCUT2D eigenvalue weighted by Gasteiger charge is 2.11. The molecule has 0 aliphatic heterocycles. The fourth-order valence-electron chi connectivity index (χ4n) is 1.36. The second kappa shape index (κ2) is 4.50. The van der Waals surface area contributed by atoms with Crippen molar-refractivity contribution in [2.75, 3.05) is 5.32 Å². The molecule has 2 heterocycles. The third-order valence-corrected chi connectivity index (χ3v) is 2.28.